The number of benzene rings is 2. The molecule has 0 aliphatic carbocycles. The highest BCUT2D eigenvalue weighted by molar-refractivity contribution is 7.71. The summed E-state index contributed by atoms with van der Waals surface area (Å²) in [4.78, 5) is 12.6. The fraction of sp³-hybridized carbons (Fsp3) is 0.348. The van der Waals surface area contributed by atoms with Crippen LogP contribution in [0.1, 0.15) is 37.3 Å². The van der Waals surface area contributed by atoms with Crippen molar-refractivity contribution in [2.24, 2.45) is 0 Å². The van der Waals surface area contributed by atoms with Crippen molar-refractivity contribution >= 4 is 35.4 Å². The summed E-state index contributed by atoms with van der Waals surface area (Å²) in [5.41, 5.74) is 3.93. The molecule has 1 heterocycles. The van der Waals surface area contributed by atoms with Crippen LogP contribution in [0.3, 0.4) is 0 Å². The van der Waals surface area contributed by atoms with Crippen molar-refractivity contribution in [3.05, 3.63) is 63.4 Å². The highest BCUT2D eigenvalue weighted by Gasteiger charge is 2.14. The van der Waals surface area contributed by atoms with E-state index in [1.54, 1.807) is 4.68 Å². The van der Waals surface area contributed by atoms with Crippen LogP contribution in [0.5, 0.6) is 0 Å². The number of anilines is 1. The smallest absolute Gasteiger partial charge is 0.226 e. The number of hydrogen-bond donors (Lipinski definition) is 1. The van der Waals surface area contributed by atoms with E-state index in [9.17, 15) is 4.79 Å². The minimum absolute atomic E-state index is 0.0505. The molecular formula is C23H27ClN4OS. The molecule has 0 atom stereocenters. The molecule has 0 unspecified atom stereocenters. The van der Waals surface area contributed by atoms with Crippen molar-refractivity contribution < 1.29 is 4.79 Å². The van der Waals surface area contributed by atoms with Crippen LogP contribution in [0.25, 0.3) is 11.4 Å². The minimum atomic E-state index is -0.0505. The van der Waals surface area contributed by atoms with Gasteiger partial charge in [0.25, 0.3) is 0 Å². The first kappa shape index (κ1) is 22.2. The number of rotatable bonds is 8. The number of halogens is 1. The molecule has 0 spiro atoms. The first-order valence-electron chi connectivity index (χ1n) is 10.2. The van der Waals surface area contributed by atoms with Gasteiger partial charge in [-0.25, -0.2) is 4.68 Å². The second-order valence-electron chi connectivity index (χ2n) is 7.41. The van der Waals surface area contributed by atoms with Gasteiger partial charge in [-0.2, -0.15) is 5.10 Å². The SMILES string of the molecule is CCCCn1c(-c2ccc(Cl)cc2)nn(CCC(=O)Nc2c(C)cccc2C)c1=S. The van der Waals surface area contributed by atoms with Gasteiger partial charge in [0.15, 0.2) is 10.6 Å². The molecule has 0 saturated carbocycles. The summed E-state index contributed by atoms with van der Waals surface area (Å²) in [7, 11) is 0. The van der Waals surface area contributed by atoms with E-state index in [2.05, 4.69) is 12.2 Å². The van der Waals surface area contributed by atoms with Gasteiger partial charge in [0.1, 0.15) is 0 Å². The third-order valence-electron chi connectivity index (χ3n) is 5.06. The lowest BCUT2D eigenvalue weighted by Crippen LogP contribution is -2.16. The average Bonchev–Trinajstić information content (AvgIpc) is 3.04. The quantitative estimate of drug-likeness (QED) is 0.424. The van der Waals surface area contributed by atoms with Gasteiger partial charge in [0.2, 0.25) is 5.91 Å². The summed E-state index contributed by atoms with van der Waals surface area (Å²) in [6.07, 6.45) is 2.37. The highest BCUT2D eigenvalue weighted by Crippen LogP contribution is 2.22. The van der Waals surface area contributed by atoms with Gasteiger partial charge < -0.3 is 5.32 Å². The average molecular weight is 443 g/mol. The zero-order valence-electron chi connectivity index (χ0n) is 17.6. The molecule has 0 radical (unpaired) electrons. The van der Waals surface area contributed by atoms with E-state index in [4.69, 9.17) is 28.9 Å². The van der Waals surface area contributed by atoms with Gasteiger partial charge in [-0.15, -0.1) is 0 Å². The summed E-state index contributed by atoms with van der Waals surface area (Å²) in [5.74, 6) is 0.755. The predicted octanol–water partition coefficient (Wildman–Crippen LogP) is 6.18. The summed E-state index contributed by atoms with van der Waals surface area (Å²) < 4.78 is 4.43. The Labute approximate surface area is 187 Å². The second-order valence-corrected chi connectivity index (χ2v) is 8.21. The Bertz CT molecular complexity index is 1070. The monoisotopic (exact) mass is 442 g/mol. The van der Waals surface area contributed by atoms with Crippen molar-refractivity contribution in [1.29, 1.82) is 0 Å². The number of carbonyl (C=O) groups is 1. The number of nitrogens with one attached hydrogen (secondary N) is 1. The first-order chi connectivity index (χ1) is 14.4. The van der Waals surface area contributed by atoms with Crippen LogP contribution >= 0.6 is 23.8 Å². The van der Waals surface area contributed by atoms with Crippen molar-refractivity contribution in [3.8, 4) is 11.4 Å². The van der Waals surface area contributed by atoms with Crippen LogP contribution in [-0.4, -0.2) is 20.3 Å². The third kappa shape index (κ3) is 5.18. The first-order valence-corrected chi connectivity index (χ1v) is 11.0. The zero-order valence-corrected chi connectivity index (χ0v) is 19.2. The number of amides is 1. The predicted molar refractivity (Wildman–Crippen MR) is 126 cm³/mol. The van der Waals surface area contributed by atoms with Crippen LogP contribution in [0, 0.1) is 18.6 Å². The standard InChI is InChI=1S/C23H27ClN4OS/c1-4-5-14-27-22(18-9-11-19(24)12-10-18)26-28(23(27)30)15-13-20(29)25-21-16(2)7-6-8-17(21)3/h6-12H,4-5,13-15H2,1-3H3,(H,25,29). The molecule has 7 heteroatoms. The van der Waals surface area contributed by atoms with E-state index in [0.717, 1.165) is 47.6 Å². The molecule has 158 valence electrons. The van der Waals surface area contributed by atoms with Crippen LogP contribution in [0.15, 0.2) is 42.5 Å². The van der Waals surface area contributed by atoms with Gasteiger partial charge in [-0.05, 0) is 67.9 Å². The maximum Gasteiger partial charge on any atom is 0.226 e. The molecule has 1 N–H and O–H groups in total. The molecule has 3 aromatic rings. The molecule has 0 aliphatic rings. The molecule has 1 amide bonds. The van der Waals surface area contributed by atoms with Gasteiger partial charge in [0, 0.05) is 29.2 Å². The number of nitrogens with zero attached hydrogens (tertiary/aromatic N) is 3. The Morgan fingerprint density at radius 2 is 1.77 bits per heavy atom. The van der Waals surface area contributed by atoms with E-state index in [1.165, 1.54) is 0 Å². The zero-order chi connectivity index (χ0) is 21.7. The fourth-order valence-corrected chi connectivity index (χ4v) is 3.77. The Kier molecular flexibility index (Phi) is 7.45. The van der Waals surface area contributed by atoms with Crippen molar-refractivity contribution in [2.45, 2.75) is 53.1 Å². The fourth-order valence-electron chi connectivity index (χ4n) is 3.34. The minimum Gasteiger partial charge on any atom is -0.326 e. The molecular weight excluding hydrogens is 416 g/mol. The normalized spacial score (nSPS) is 10.9. The van der Waals surface area contributed by atoms with Crippen molar-refractivity contribution in [2.75, 3.05) is 5.32 Å². The third-order valence-corrected chi connectivity index (χ3v) is 5.74. The molecule has 1 aromatic heterocycles. The Balaban J connectivity index is 1.79. The molecule has 0 fully saturated rings. The Morgan fingerprint density at radius 1 is 1.10 bits per heavy atom. The van der Waals surface area contributed by atoms with E-state index in [0.29, 0.717) is 22.8 Å². The summed E-state index contributed by atoms with van der Waals surface area (Å²) >= 11 is 11.7. The summed E-state index contributed by atoms with van der Waals surface area (Å²) in [6.45, 7) is 7.35. The van der Waals surface area contributed by atoms with Gasteiger partial charge in [0.05, 0.1) is 6.54 Å². The number of carbonyl (C=O) groups excluding carboxylic acids is 1. The van der Waals surface area contributed by atoms with Crippen LogP contribution in [0.4, 0.5) is 5.69 Å². The molecule has 0 bridgehead atoms. The number of aryl methyl sites for hydroxylation is 3. The topological polar surface area (TPSA) is 51.9 Å². The van der Waals surface area contributed by atoms with Gasteiger partial charge in [-0.1, -0.05) is 43.1 Å². The lowest BCUT2D eigenvalue weighted by Gasteiger charge is -2.11. The molecule has 2 aromatic carbocycles. The summed E-state index contributed by atoms with van der Waals surface area (Å²) in [5, 5.41) is 8.44. The van der Waals surface area contributed by atoms with Crippen molar-refractivity contribution in [1.82, 2.24) is 14.3 Å². The molecule has 0 aliphatic heterocycles. The second kappa shape index (κ2) is 10.0. The Morgan fingerprint density at radius 3 is 2.40 bits per heavy atom. The van der Waals surface area contributed by atoms with Gasteiger partial charge in [-0.3, -0.25) is 9.36 Å². The van der Waals surface area contributed by atoms with Crippen LogP contribution < -0.4 is 5.32 Å². The maximum absolute atomic E-state index is 12.6. The largest absolute Gasteiger partial charge is 0.326 e. The van der Waals surface area contributed by atoms with E-state index in [-0.39, 0.29) is 5.91 Å². The van der Waals surface area contributed by atoms with Crippen LogP contribution in [-0.2, 0) is 17.9 Å². The molecule has 0 saturated heterocycles. The highest BCUT2D eigenvalue weighted by atomic mass is 35.5. The molecule has 3 rings (SSSR count). The Hall–Kier alpha value is -2.44. The number of aromatic nitrogens is 3. The van der Waals surface area contributed by atoms with E-state index >= 15 is 0 Å². The van der Waals surface area contributed by atoms with E-state index in [1.807, 2.05) is 60.9 Å². The maximum atomic E-state index is 12.6. The van der Waals surface area contributed by atoms with Crippen molar-refractivity contribution in [3.63, 3.8) is 0 Å². The lowest BCUT2D eigenvalue weighted by molar-refractivity contribution is -0.116. The number of para-hydroxylation sites is 1. The van der Waals surface area contributed by atoms with Gasteiger partial charge >= 0.3 is 0 Å². The van der Waals surface area contributed by atoms with E-state index < -0.39 is 0 Å². The molecule has 30 heavy (non-hydrogen) atoms. The lowest BCUT2D eigenvalue weighted by atomic mass is 10.1. The number of hydrogen-bond acceptors (Lipinski definition) is 3. The van der Waals surface area contributed by atoms with Crippen LogP contribution in [0.2, 0.25) is 5.02 Å². The number of unbranched alkanes of at least 4 members (excludes halogenated alkanes) is 1. The summed E-state index contributed by atoms with van der Waals surface area (Å²) in [6, 6.07) is 13.6. The molecule has 5 nitrogen and oxygen atoms in total.